The molecule has 1 rings (SSSR count). The molecule has 3 heteroatoms. The first-order valence-electron chi connectivity index (χ1n) is 4.31. The molecular formula is C11H11NOS. The summed E-state index contributed by atoms with van der Waals surface area (Å²) in [4.78, 5) is 1.10. The van der Waals surface area contributed by atoms with Gasteiger partial charge in [0.2, 0.25) is 5.76 Å². The second kappa shape index (κ2) is 6.11. The van der Waals surface area contributed by atoms with Gasteiger partial charge in [-0.1, -0.05) is 30.0 Å². The van der Waals surface area contributed by atoms with E-state index in [1.54, 1.807) is 5.41 Å². The van der Waals surface area contributed by atoms with E-state index in [0.717, 1.165) is 4.90 Å². The molecule has 1 aromatic carbocycles. The predicted molar refractivity (Wildman–Crippen MR) is 57.6 cm³/mol. The summed E-state index contributed by atoms with van der Waals surface area (Å²) in [6.07, 6.45) is 0. The minimum Gasteiger partial charge on any atom is -0.484 e. The maximum Gasteiger partial charge on any atom is 0.203 e. The van der Waals surface area contributed by atoms with Gasteiger partial charge in [-0.05, 0) is 19.1 Å². The van der Waals surface area contributed by atoms with Gasteiger partial charge >= 0.3 is 0 Å². The van der Waals surface area contributed by atoms with Crippen molar-refractivity contribution >= 4 is 11.8 Å². The summed E-state index contributed by atoms with van der Waals surface area (Å²) < 4.78 is 5.09. The van der Waals surface area contributed by atoms with Crippen molar-refractivity contribution in [2.45, 2.75) is 11.8 Å². The Hall–Kier alpha value is -1.40. The van der Waals surface area contributed by atoms with Crippen LogP contribution in [0.2, 0.25) is 0 Å². The van der Waals surface area contributed by atoms with Crippen LogP contribution in [0.5, 0.6) is 0 Å². The van der Waals surface area contributed by atoms with Gasteiger partial charge in [-0.25, -0.2) is 0 Å². The molecule has 0 N–H and O–H groups in total. The molecule has 14 heavy (non-hydrogen) atoms. The first-order valence-corrected chi connectivity index (χ1v) is 5.19. The Kier molecular flexibility index (Phi) is 4.66. The number of allylic oxidation sites excluding steroid dienone is 1. The standard InChI is InChI=1S/C11H11NOS/c1-2-13-10(8-12)9-14-11-6-4-3-5-7-11/h3-7,9H,2H2,1H3. The molecule has 0 unspecified atom stereocenters. The van der Waals surface area contributed by atoms with Gasteiger partial charge < -0.3 is 4.74 Å². The molecule has 0 saturated carbocycles. The predicted octanol–water partition coefficient (Wildman–Crippen LogP) is 3.18. The van der Waals surface area contributed by atoms with E-state index < -0.39 is 0 Å². The lowest BCUT2D eigenvalue weighted by molar-refractivity contribution is 0.246. The zero-order valence-electron chi connectivity index (χ0n) is 7.93. The number of nitrogens with zero attached hydrogens (tertiary/aromatic N) is 1. The van der Waals surface area contributed by atoms with E-state index in [-0.39, 0.29) is 0 Å². The molecule has 0 bridgehead atoms. The Balaban J connectivity index is 2.58. The van der Waals surface area contributed by atoms with Crippen molar-refractivity contribution in [1.82, 2.24) is 0 Å². The number of hydrogen-bond donors (Lipinski definition) is 0. The molecule has 0 heterocycles. The molecule has 0 aromatic heterocycles. The monoisotopic (exact) mass is 205 g/mol. The Bertz CT molecular complexity index is 340. The van der Waals surface area contributed by atoms with Gasteiger partial charge in [0.1, 0.15) is 6.07 Å². The molecule has 1 aromatic rings. The topological polar surface area (TPSA) is 33.0 Å². The molecule has 0 aliphatic carbocycles. The van der Waals surface area contributed by atoms with Crippen molar-refractivity contribution < 1.29 is 4.74 Å². The number of hydrogen-bond acceptors (Lipinski definition) is 3. The lowest BCUT2D eigenvalue weighted by atomic mass is 10.4. The first-order chi connectivity index (χ1) is 6.86. The van der Waals surface area contributed by atoms with Crippen LogP contribution in [0.3, 0.4) is 0 Å². The third-order valence-electron chi connectivity index (χ3n) is 1.46. The molecule has 0 spiro atoms. The smallest absolute Gasteiger partial charge is 0.203 e. The second-order valence-electron chi connectivity index (χ2n) is 2.46. The summed E-state index contributed by atoms with van der Waals surface area (Å²) in [5, 5.41) is 10.4. The van der Waals surface area contributed by atoms with Crippen molar-refractivity contribution in [2.24, 2.45) is 0 Å². The summed E-state index contributed by atoms with van der Waals surface area (Å²) in [5.41, 5.74) is 0. The highest BCUT2D eigenvalue weighted by atomic mass is 32.2. The largest absolute Gasteiger partial charge is 0.484 e. The number of rotatable bonds is 4. The molecule has 0 atom stereocenters. The summed E-state index contributed by atoms with van der Waals surface area (Å²) in [6.45, 7) is 2.38. The van der Waals surface area contributed by atoms with E-state index in [2.05, 4.69) is 0 Å². The van der Waals surface area contributed by atoms with Crippen LogP contribution in [0.15, 0.2) is 46.4 Å². The van der Waals surface area contributed by atoms with Crippen molar-refractivity contribution in [3.8, 4) is 6.07 Å². The van der Waals surface area contributed by atoms with E-state index in [1.807, 2.05) is 43.3 Å². The minimum atomic E-state index is 0.362. The molecule has 72 valence electrons. The van der Waals surface area contributed by atoms with Crippen molar-refractivity contribution in [1.29, 1.82) is 5.26 Å². The normalized spacial score (nSPS) is 10.7. The molecule has 0 aliphatic heterocycles. The Morgan fingerprint density at radius 3 is 2.79 bits per heavy atom. The van der Waals surface area contributed by atoms with Gasteiger partial charge in [0.15, 0.2) is 0 Å². The molecule has 0 amide bonds. The fraction of sp³-hybridized carbons (Fsp3) is 0.182. The maximum atomic E-state index is 8.68. The van der Waals surface area contributed by atoms with Crippen LogP contribution < -0.4 is 0 Å². The van der Waals surface area contributed by atoms with Crippen LogP contribution >= 0.6 is 11.8 Å². The lowest BCUT2D eigenvalue weighted by Crippen LogP contribution is -1.86. The highest BCUT2D eigenvalue weighted by Gasteiger charge is 1.94. The number of ether oxygens (including phenoxy) is 1. The molecule has 0 saturated heterocycles. The van der Waals surface area contributed by atoms with Gasteiger partial charge in [0, 0.05) is 10.3 Å². The van der Waals surface area contributed by atoms with Crippen molar-refractivity contribution in [3.05, 3.63) is 41.5 Å². The number of benzene rings is 1. The molecule has 0 radical (unpaired) electrons. The first kappa shape index (κ1) is 10.7. The SMILES string of the molecule is CCOC(C#N)=CSc1ccccc1. The minimum absolute atomic E-state index is 0.362. The molecule has 0 aliphatic rings. The lowest BCUT2D eigenvalue weighted by Gasteiger charge is -1.99. The van der Waals surface area contributed by atoms with Crippen LogP contribution in [0, 0.1) is 11.3 Å². The average molecular weight is 205 g/mol. The van der Waals surface area contributed by atoms with E-state index in [1.165, 1.54) is 11.8 Å². The molecule has 2 nitrogen and oxygen atoms in total. The maximum absolute atomic E-state index is 8.68. The Labute approximate surface area is 88.2 Å². The summed E-state index contributed by atoms with van der Waals surface area (Å²) in [7, 11) is 0. The molecular weight excluding hydrogens is 194 g/mol. The van der Waals surface area contributed by atoms with Crippen LogP contribution in [0.1, 0.15) is 6.92 Å². The van der Waals surface area contributed by atoms with Gasteiger partial charge in [-0.15, -0.1) is 0 Å². The van der Waals surface area contributed by atoms with Gasteiger partial charge in [-0.2, -0.15) is 5.26 Å². The fourth-order valence-electron chi connectivity index (χ4n) is 0.869. The van der Waals surface area contributed by atoms with Crippen molar-refractivity contribution in [2.75, 3.05) is 6.61 Å². The van der Waals surface area contributed by atoms with Crippen LogP contribution in [-0.2, 0) is 4.74 Å². The van der Waals surface area contributed by atoms with E-state index in [9.17, 15) is 0 Å². The van der Waals surface area contributed by atoms with E-state index in [0.29, 0.717) is 12.4 Å². The summed E-state index contributed by atoms with van der Waals surface area (Å²) in [6, 6.07) is 11.8. The fourth-order valence-corrected chi connectivity index (χ4v) is 1.55. The van der Waals surface area contributed by atoms with Gasteiger partial charge in [0.25, 0.3) is 0 Å². The van der Waals surface area contributed by atoms with Crippen LogP contribution in [0.25, 0.3) is 0 Å². The van der Waals surface area contributed by atoms with Crippen LogP contribution in [-0.4, -0.2) is 6.61 Å². The second-order valence-corrected chi connectivity index (χ2v) is 3.40. The molecule has 0 fully saturated rings. The number of nitriles is 1. The average Bonchev–Trinajstić information content (AvgIpc) is 2.25. The van der Waals surface area contributed by atoms with Gasteiger partial charge in [0.05, 0.1) is 6.61 Å². The van der Waals surface area contributed by atoms with Crippen molar-refractivity contribution in [3.63, 3.8) is 0 Å². The summed E-state index contributed by atoms with van der Waals surface area (Å²) >= 11 is 1.48. The van der Waals surface area contributed by atoms with Gasteiger partial charge in [-0.3, -0.25) is 0 Å². The zero-order valence-corrected chi connectivity index (χ0v) is 8.75. The number of thioether (sulfide) groups is 1. The highest BCUT2D eigenvalue weighted by Crippen LogP contribution is 2.19. The highest BCUT2D eigenvalue weighted by molar-refractivity contribution is 8.02. The zero-order chi connectivity index (χ0) is 10.2. The quantitative estimate of drug-likeness (QED) is 0.430. The van der Waals surface area contributed by atoms with Crippen LogP contribution in [0.4, 0.5) is 0 Å². The third kappa shape index (κ3) is 3.55. The van der Waals surface area contributed by atoms with E-state index >= 15 is 0 Å². The Morgan fingerprint density at radius 2 is 2.21 bits per heavy atom. The Morgan fingerprint density at radius 1 is 1.50 bits per heavy atom. The summed E-state index contributed by atoms with van der Waals surface area (Å²) in [5.74, 6) is 0.362. The van der Waals surface area contributed by atoms with E-state index in [4.69, 9.17) is 10.00 Å². The third-order valence-corrected chi connectivity index (χ3v) is 2.33.